The van der Waals surface area contributed by atoms with Crippen LogP contribution < -0.4 is 4.18 Å². The van der Waals surface area contributed by atoms with Gasteiger partial charge >= 0.3 is 10.1 Å². The fraction of sp³-hybridized carbons (Fsp3) is 0. The first kappa shape index (κ1) is 16.8. The minimum atomic E-state index is -4.32. The molecule has 0 aliphatic rings. The predicted molar refractivity (Wildman–Crippen MR) is 82.4 cm³/mol. The molecule has 22 heavy (non-hydrogen) atoms. The minimum Gasteiger partial charge on any atom is -0.379 e. The van der Waals surface area contributed by atoms with Gasteiger partial charge in [0.25, 0.3) is 5.69 Å². The zero-order valence-electron chi connectivity index (χ0n) is 10.5. The molecule has 0 heterocycles. The number of benzene rings is 2. The number of halogens is 3. The van der Waals surface area contributed by atoms with Crippen LogP contribution >= 0.6 is 34.8 Å². The lowest BCUT2D eigenvalue weighted by Crippen LogP contribution is -2.11. The van der Waals surface area contributed by atoms with Crippen molar-refractivity contribution in [3.8, 4) is 5.75 Å². The molecule has 0 unspecified atom stereocenters. The highest BCUT2D eigenvalue weighted by molar-refractivity contribution is 7.87. The average Bonchev–Trinajstić information content (AvgIpc) is 2.36. The quantitative estimate of drug-likeness (QED) is 0.446. The van der Waals surface area contributed by atoms with Crippen LogP contribution in [-0.2, 0) is 10.1 Å². The lowest BCUT2D eigenvalue weighted by molar-refractivity contribution is -0.384. The Hall–Kier alpha value is -1.54. The number of hydrogen-bond acceptors (Lipinski definition) is 5. The standard InChI is InChI=1S/C12H6Cl3NO5S/c13-7-5-10(14)12(11(15)6-7)22(19,20)21-9-3-1-8(2-4-9)16(17)18/h1-6H. The van der Waals surface area contributed by atoms with Crippen molar-refractivity contribution in [1.29, 1.82) is 0 Å². The van der Waals surface area contributed by atoms with Crippen molar-refractivity contribution in [2.75, 3.05) is 0 Å². The smallest absolute Gasteiger partial charge is 0.342 e. The van der Waals surface area contributed by atoms with Crippen molar-refractivity contribution in [3.63, 3.8) is 0 Å². The van der Waals surface area contributed by atoms with Crippen LogP contribution in [0.4, 0.5) is 5.69 Å². The van der Waals surface area contributed by atoms with Crippen LogP contribution in [0.2, 0.25) is 15.1 Å². The van der Waals surface area contributed by atoms with Gasteiger partial charge in [0.15, 0.2) is 0 Å². The van der Waals surface area contributed by atoms with E-state index < -0.39 is 19.9 Å². The second kappa shape index (κ2) is 6.29. The number of hydrogen-bond donors (Lipinski definition) is 0. The van der Waals surface area contributed by atoms with Crippen molar-refractivity contribution >= 4 is 50.6 Å². The van der Waals surface area contributed by atoms with E-state index in [0.717, 1.165) is 24.3 Å². The molecule has 2 aromatic carbocycles. The average molecular weight is 383 g/mol. The number of nitro groups is 1. The van der Waals surface area contributed by atoms with Gasteiger partial charge in [0.1, 0.15) is 10.6 Å². The highest BCUT2D eigenvalue weighted by Crippen LogP contribution is 2.34. The third-order valence-electron chi connectivity index (χ3n) is 2.47. The summed E-state index contributed by atoms with van der Waals surface area (Å²) in [7, 11) is -4.32. The van der Waals surface area contributed by atoms with E-state index in [-0.39, 0.29) is 26.5 Å². The van der Waals surface area contributed by atoms with E-state index >= 15 is 0 Å². The van der Waals surface area contributed by atoms with Crippen LogP contribution in [0, 0.1) is 10.1 Å². The van der Waals surface area contributed by atoms with Crippen LogP contribution in [0.1, 0.15) is 0 Å². The van der Waals surface area contributed by atoms with Crippen molar-refractivity contribution in [1.82, 2.24) is 0 Å². The largest absolute Gasteiger partial charge is 0.379 e. The van der Waals surface area contributed by atoms with Crippen LogP contribution in [0.25, 0.3) is 0 Å². The van der Waals surface area contributed by atoms with E-state index in [4.69, 9.17) is 39.0 Å². The first-order valence-electron chi connectivity index (χ1n) is 5.54. The van der Waals surface area contributed by atoms with Crippen molar-refractivity contribution < 1.29 is 17.5 Å². The SMILES string of the molecule is O=[N+]([O-])c1ccc(OS(=O)(=O)c2c(Cl)cc(Cl)cc2Cl)cc1. The molecule has 0 fully saturated rings. The normalized spacial score (nSPS) is 11.2. The Morgan fingerprint density at radius 1 is 1.00 bits per heavy atom. The molecule has 0 saturated heterocycles. The van der Waals surface area contributed by atoms with Gasteiger partial charge in [0.05, 0.1) is 15.0 Å². The minimum absolute atomic E-state index is 0.118. The van der Waals surface area contributed by atoms with Crippen LogP contribution in [-0.4, -0.2) is 13.3 Å². The van der Waals surface area contributed by atoms with Gasteiger partial charge in [0.2, 0.25) is 0 Å². The van der Waals surface area contributed by atoms with Crippen molar-refractivity contribution in [3.05, 3.63) is 61.6 Å². The molecule has 2 aromatic rings. The van der Waals surface area contributed by atoms with Gasteiger partial charge in [-0.3, -0.25) is 10.1 Å². The maximum absolute atomic E-state index is 12.2. The van der Waals surface area contributed by atoms with Gasteiger partial charge in [-0.2, -0.15) is 8.42 Å². The summed E-state index contributed by atoms with van der Waals surface area (Å²) in [5.41, 5.74) is -0.202. The molecule has 0 amide bonds. The van der Waals surface area contributed by atoms with Gasteiger partial charge in [-0.15, -0.1) is 0 Å². The fourth-order valence-corrected chi connectivity index (χ4v) is 3.99. The summed E-state index contributed by atoms with van der Waals surface area (Å²) in [4.78, 5) is 9.49. The molecular weight excluding hydrogens is 377 g/mol. The number of rotatable bonds is 4. The van der Waals surface area contributed by atoms with E-state index in [0.29, 0.717) is 0 Å². The fourth-order valence-electron chi connectivity index (χ4n) is 1.56. The summed E-state index contributed by atoms with van der Waals surface area (Å²) < 4.78 is 29.3. The topological polar surface area (TPSA) is 86.5 Å². The molecule has 10 heteroatoms. The first-order valence-corrected chi connectivity index (χ1v) is 8.08. The molecule has 0 saturated carbocycles. The molecule has 6 nitrogen and oxygen atoms in total. The van der Waals surface area contributed by atoms with Crippen LogP contribution in [0.15, 0.2) is 41.3 Å². The first-order chi connectivity index (χ1) is 10.2. The Kier molecular flexibility index (Phi) is 4.81. The van der Waals surface area contributed by atoms with E-state index in [9.17, 15) is 18.5 Å². The van der Waals surface area contributed by atoms with E-state index in [2.05, 4.69) is 0 Å². The highest BCUT2D eigenvalue weighted by atomic mass is 35.5. The predicted octanol–water partition coefficient (Wildman–Crippen LogP) is 4.32. The molecule has 0 N–H and O–H groups in total. The Labute approximate surface area is 140 Å². The van der Waals surface area contributed by atoms with Crippen molar-refractivity contribution in [2.24, 2.45) is 0 Å². The molecule has 0 radical (unpaired) electrons. The maximum atomic E-state index is 12.2. The molecule has 116 valence electrons. The summed E-state index contributed by atoms with van der Waals surface area (Å²) >= 11 is 17.4. The Balaban J connectivity index is 2.38. The van der Waals surface area contributed by atoms with E-state index in [1.807, 2.05) is 0 Å². The molecule has 0 aliphatic carbocycles. The second-order valence-electron chi connectivity index (χ2n) is 3.99. The third-order valence-corrected chi connectivity index (χ3v) is 4.86. The van der Waals surface area contributed by atoms with E-state index in [1.54, 1.807) is 0 Å². The Morgan fingerprint density at radius 3 is 1.95 bits per heavy atom. The number of nitrogens with zero attached hydrogens (tertiary/aromatic N) is 1. The molecule has 2 rings (SSSR count). The molecular formula is C12H6Cl3NO5S. The maximum Gasteiger partial charge on any atom is 0.342 e. The summed E-state index contributed by atoms with van der Waals surface area (Å²) in [6, 6.07) is 6.93. The Morgan fingerprint density at radius 2 is 1.50 bits per heavy atom. The summed E-state index contributed by atoms with van der Waals surface area (Å²) in [5, 5.41) is 10.3. The lowest BCUT2D eigenvalue weighted by atomic mass is 10.3. The van der Waals surface area contributed by atoms with Crippen molar-refractivity contribution in [2.45, 2.75) is 4.90 Å². The van der Waals surface area contributed by atoms with Gasteiger partial charge in [-0.1, -0.05) is 34.8 Å². The van der Waals surface area contributed by atoms with Crippen LogP contribution in [0.3, 0.4) is 0 Å². The zero-order valence-corrected chi connectivity index (χ0v) is 13.6. The molecule has 0 bridgehead atoms. The molecule has 0 aliphatic heterocycles. The van der Waals surface area contributed by atoms with Gasteiger partial charge < -0.3 is 4.18 Å². The Bertz CT molecular complexity index is 813. The third kappa shape index (κ3) is 3.61. The second-order valence-corrected chi connectivity index (χ2v) is 6.72. The lowest BCUT2D eigenvalue weighted by Gasteiger charge is -2.10. The summed E-state index contributed by atoms with van der Waals surface area (Å²) in [6.07, 6.45) is 0. The monoisotopic (exact) mass is 381 g/mol. The number of nitro benzene ring substituents is 1. The molecule has 0 spiro atoms. The molecule has 0 aromatic heterocycles. The van der Waals surface area contributed by atoms with E-state index in [1.165, 1.54) is 12.1 Å². The van der Waals surface area contributed by atoms with Crippen LogP contribution in [0.5, 0.6) is 5.75 Å². The van der Waals surface area contributed by atoms with Gasteiger partial charge in [-0.05, 0) is 24.3 Å². The summed E-state index contributed by atoms with van der Waals surface area (Å²) in [5.74, 6) is -0.118. The molecule has 0 atom stereocenters. The zero-order chi connectivity index (χ0) is 16.5. The van der Waals surface area contributed by atoms with Gasteiger partial charge in [-0.25, -0.2) is 0 Å². The van der Waals surface area contributed by atoms with Gasteiger partial charge in [0, 0.05) is 17.2 Å². The number of non-ortho nitro benzene ring substituents is 1. The summed E-state index contributed by atoms with van der Waals surface area (Å²) in [6.45, 7) is 0. The highest BCUT2D eigenvalue weighted by Gasteiger charge is 2.25.